The molecule has 2 amide bonds. The Labute approximate surface area is 165 Å². The zero-order chi connectivity index (χ0) is 18.5. The second kappa shape index (κ2) is 9.39. The molecule has 144 valence electrons. The highest BCUT2D eigenvalue weighted by molar-refractivity contribution is 5.97. The van der Waals surface area contributed by atoms with Crippen LogP contribution in [0.4, 0.5) is 5.69 Å². The Kier molecular flexibility index (Phi) is 7.21. The number of amides is 2. The lowest BCUT2D eigenvalue weighted by atomic mass is 9.95. The fourth-order valence-electron chi connectivity index (χ4n) is 2.94. The highest BCUT2D eigenvalue weighted by Crippen LogP contribution is 2.17. The first-order valence-corrected chi connectivity index (χ1v) is 8.62. The molecule has 0 bridgehead atoms. The van der Waals surface area contributed by atoms with Gasteiger partial charge in [0, 0.05) is 12.2 Å². The van der Waals surface area contributed by atoms with Crippen LogP contribution in [0.2, 0.25) is 0 Å². The Balaban J connectivity index is 0.00000261. The van der Waals surface area contributed by atoms with E-state index in [-0.39, 0.29) is 30.3 Å². The first-order valence-electron chi connectivity index (χ1n) is 8.62. The van der Waals surface area contributed by atoms with Crippen LogP contribution in [0, 0.1) is 0 Å². The average Bonchev–Trinajstić information content (AvgIpc) is 2.68. The van der Waals surface area contributed by atoms with Crippen molar-refractivity contribution >= 4 is 29.9 Å². The van der Waals surface area contributed by atoms with E-state index in [1.165, 1.54) is 11.1 Å². The number of benzene rings is 2. The molecule has 2 atom stereocenters. The number of rotatable bonds is 5. The van der Waals surface area contributed by atoms with Gasteiger partial charge < -0.3 is 20.7 Å². The van der Waals surface area contributed by atoms with E-state index in [9.17, 15) is 9.59 Å². The molecular formula is C20H24ClN3O3. The molecule has 1 aliphatic rings. The molecule has 0 saturated carbocycles. The molecule has 0 spiro atoms. The maximum absolute atomic E-state index is 12.5. The van der Waals surface area contributed by atoms with Crippen LogP contribution < -0.4 is 20.7 Å². The van der Waals surface area contributed by atoms with Gasteiger partial charge in [-0.3, -0.25) is 9.59 Å². The molecule has 2 aromatic carbocycles. The lowest BCUT2D eigenvalue weighted by molar-refractivity contribution is -0.127. The summed E-state index contributed by atoms with van der Waals surface area (Å²) in [6.07, 6.45) is 0.620. The van der Waals surface area contributed by atoms with E-state index in [0.29, 0.717) is 24.4 Å². The molecule has 0 fully saturated rings. The van der Waals surface area contributed by atoms with Gasteiger partial charge >= 0.3 is 0 Å². The second-order valence-electron chi connectivity index (χ2n) is 6.35. The van der Waals surface area contributed by atoms with Crippen LogP contribution in [-0.2, 0) is 22.6 Å². The van der Waals surface area contributed by atoms with Crippen molar-refractivity contribution in [3.8, 4) is 5.75 Å². The van der Waals surface area contributed by atoms with Gasteiger partial charge in [-0.2, -0.15) is 0 Å². The predicted molar refractivity (Wildman–Crippen MR) is 107 cm³/mol. The molecule has 0 aliphatic carbocycles. The molecule has 0 aromatic heterocycles. The number of anilines is 1. The van der Waals surface area contributed by atoms with Crippen LogP contribution in [0.25, 0.3) is 0 Å². The number of halogens is 1. The van der Waals surface area contributed by atoms with E-state index in [4.69, 9.17) is 4.74 Å². The Bertz CT molecular complexity index is 795. The average molecular weight is 390 g/mol. The first-order chi connectivity index (χ1) is 12.6. The molecular weight excluding hydrogens is 366 g/mol. The summed E-state index contributed by atoms with van der Waals surface area (Å²) in [5.74, 6) is 0.282. The molecule has 3 rings (SSSR count). The summed E-state index contributed by atoms with van der Waals surface area (Å²) < 4.78 is 5.09. The van der Waals surface area contributed by atoms with Gasteiger partial charge in [0.25, 0.3) is 0 Å². The number of nitrogens with one attached hydrogen (secondary N) is 3. The second-order valence-corrected chi connectivity index (χ2v) is 6.35. The van der Waals surface area contributed by atoms with Crippen molar-refractivity contribution in [3.63, 3.8) is 0 Å². The number of hydrogen-bond acceptors (Lipinski definition) is 4. The fraction of sp³-hybridized carbons (Fsp3) is 0.300. The third-order valence-corrected chi connectivity index (χ3v) is 4.51. The zero-order valence-electron chi connectivity index (χ0n) is 15.3. The number of fused-ring (bicyclic) bond motifs is 1. The number of ether oxygens (including phenoxy) is 1. The zero-order valence-corrected chi connectivity index (χ0v) is 16.1. The molecule has 0 unspecified atom stereocenters. The summed E-state index contributed by atoms with van der Waals surface area (Å²) in [6, 6.07) is 14.1. The lowest BCUT2D eigenvalue weighted by Crippen LogP contribution is -2.52. The van der Waals surface area contributed by atoms with Crippen molar-refractivity contribution in [3.05, 3.63) is 59.7 Å². The van der Waals surface area contributed by atoms with Crippen molar-refractivity contribution in [2.75, 3.05) is 12.4 Å². The smallest absolute Gasteiger partial charge is 0.246 e. The maximum Gasteiger partial charge on any atom is 0.246 e. The summed E-state index contributed by atoms with van der Waals surface area (Å²) in [5, 5.41) is 8.80. The third kappa shape index (κ3) is 5.21. The normalized spacial score (nSPS) is 16.3. The molecule has 0 saturated heterocycles. The van der Waals surface area contributed by atoms with Gasteiger partial charge in [-0.25, -0.2) is 0 Å². The molecule has 7 heteroatoms. The van der Waals surface area contributed by atoms with Crippen LogP contribution in [0.3, 0.4) is 0 Å². The van der Waals surface area contributed by atoms with Gasteiger partial charge in [-0.15, -0.1) is 12.4 Å². The van der Waals surface area contributed by atoms with Crippen molar-refractivity contribution in [2.24, 2.45) is 0 Å². The molecule has 1 aliphatic heterocycles. The van der Waals surface area contributed by atoms with E-state index >= 15 is 0 Å². The van der Waals surface area contributed by atoms with Crippen LogP contribution in [0.1, 0.15) is 18.1 Å². The number of carbonyl (C=O) groups is 2. The van der Waals surface area contributed by atoms with Crippen LogP contribution >= 0.6 is 12.4 Å². The number of carbonyl (C=O) groups excluding carboxylic acids is 2. The highest BCUT2D eigenvalue weighted by atomic mass is 35.5. The van der Waals surface area contributed by atoms with Gasteiger partial charge in [-0.05, 0) is 48.7 Å². The van der Waals surface area contributed by atoms with E-state index in [2.05, 4.69) is 22.0 Å². The molecule has 0 radical (unpaired) electrons. The minimum absolute atomic E-state index is 0. The Morgan fingerprint density at radius 3 is 2.44 bits per heavy atom. The summed E-state index contributed by atoms with van der Waals surface area (Å²) in [5.41, 5.74) is 3.03. The van der Waals surface area contributed by atoms with E-state index in [0.717, 1.165) is 0 Å². The van der Waals surface area contributed by atoms with Gasteiger partial charge in [0.05, 0.1) is 13.2 Å². The molecule has 2 aromatic rings. The molecule has 6 nitrogen and oxygen atoms in total. The molecule has 1 heterocycles. The van der Waals surface area contributed by atoms with Crippen molar-refractivity contribution in [2.45, 2.75) is 32.0 Å². The minimum atomic E-state index is -0.636. The highest BCUT2D eigenvalue weighted by Gasteiger charge is 2.26. The van der Waals surface area contributed by atoms with Crippen molar-refractivity contribution in [1.29, 1.82) is 0 Å². The monoisotopic (exact) mass is 389 g/mol. The predicted octanol–water partition coefficient (Wildman–Crippen LogP) is 2.27. The standard InChI is InChI=1S/C20H23N3O3.ClH/c1-13(19(24)23-16-7-9-17(26-2)10-8-16)22-20(25)18-11-14-5-3-4-6-15(14)12-21-18;/h3-10,13,18,21H,11-12H2,1-2H3,(H,22,25)(H,23,24);1H/t13-,18-;/m0./s1. The Morgan fingerprint density at radius 1 is 1.11 bits per heavy atom. The molecule has 3 N–H and O–H groups in total. The number of hydrogen-bond donors (Lipinski definition) is 3. The van der Waals surface area contributed by atoms with Gasteiger partial charge in [-0.1, -0.05) is 24.3 Å². The largest absolute Gasteiger partial charge is 0.497 e. The van der Waals surface area contributed by atoms with Gasteiger partial charge in [0.2, 0.25) is 11.8 Å². The summed E-state index contributed by atoms with van der Waals surface area (Å²) in [6.45, 7) is 2.33. The topological polar surface area (TPSA) is 79.5 Å². The third-order valence-electron chi connectivity index (χ3n) is 4.51. The summed E-state index contributed by atoms with van der Waals surface area (Å²) in [4.78, 5) is 24.8. The fourth-order valence-corrected chi connectivity index (χ4v) is 2.94. The summed E-state index contributed by atoms with van der Waals surface area (Å²) in [7, 11) is 1.59. The van der Waals surface area contributed by atoms with Crippen LogP contribution in [0.15, 0.2) is 48.5 Å². The quantitative estimate of drug-likeness (QED) is 0.733. The summed E-state index contributed by atoms with van der Waals surface area (Å²) >= 11 is 0. The first kappa shape index (κ1) is 20.7. The van der Waals surface area contributed by atoms with Gasteiger partial charge in [0.1, 0.15) is 11.8 Å². The lowest BCUT2D eigenvalue weighted by Gasteiger charge is -2.26. The SMILES string of the molecule is COc1ccc(NC(=O)[C@H](C)NC(=O)[C@@H]2Cc3ccccc3CN2)cc1.Cl. The van der Waals surface area contributed by atoms with Crippen molar-refractivity contribution in [1.82, 2.24) is 10.6 Å². The van der Waals surface area contributed by atoms with Crippen LogP contribution in [-0.4, -0.2) is 31.0 Å². The van der Waals surface area contributed by atoms with Crippen molar-refractivity contribution < 1.29 is 14.3 Å². The van der Waals surface area contributed by atoms with Gasteiger partial charge in [0.15, 0.2) is 0 Å². The minimum Gasteiger partial charge on any atom is -0.497 e. The van der Waals surface area contributed by atoms with E-state index in [1.807, 2.05) is 18.2 Å². The molecule has 27 heavy (non-hydrogen) atoms. The number of methoxy groups -OCH3 is 1. The van der Waals surface area contributed by atoms with E-state index < -0.39 is 6.04 Å². The van der Waals surface area contributed by atoms with Crippen LogP contribution in [0.5, 0.6) is 5.75 Å². The Morgan fingerprint density at radius 2 is 1.78 bits per heavy atom. The Hall–Kier alpha value is -2.57. The maximum atomic E-state index is 12.5. The van der Waals surface area contributed by atoms with E-state index in [1.54, 1.807) is 38.3 Å².